The number of carbonyl (C=O) groups excluding carboxylic acids is 1. The molecule has 2 nitrogen and oxygen atoms in total. The van der Waals surface area contributed by atoms with Gasteiger partial charge in [-0.15, -0.1) is 0 Å². The van der Waals surface area contributed by atoms with Gasteiger partial charge in [0.2, 0.25) is 0 Å². The van der Waals surface area contributed by atoms with Gasteiger partial charge in [0.15, 0.2) is 5.78 Å². The van der Waals surface area contributed by atoms with Crippen molar-refractivity contribution in [1.29, 1.82) is 0 Å². The number of halogens is 2. The fraction of sp³-hybridized carbons (Fsp3) is 0.133. The molecule has 0 aliphatic carbocycles. The van der Waals surface area contributed by atoms with E-state index in [9.17, 15) is 4.79 Å². The van der Waals surface area contributed by atoms with Gasteiger partial charge in [-0.25, -0.2) is 0 Å². The Morgan fingerprint density at radius 3 is 2.42 bits per heavy atom. The van der Waals surface area contributed by atoms with Crippen LogP contribution in [0.25, 0.3) is 0 Å². The number of hydrogen-bond donors (Lipinski definition) is 0. The Bertz CT molecular complexity index is 636. The smallest absolute Gasteiger partial charge is 0.194 e. The zero-order chi connectivity index (χ0) is 14.0. The predicted octanol–water partition coefficient (Wildman–Crippen LogP) is 4.76. The third kappa shape index (κ3) is 3.07. The van der Waals surface area contributed by atoms with Crippen molar-refractivity contribution in [1.82, 2.24) is 0 Å². The first-order valence-corrected chi connectivity index (χ1v) is 7.26. The van der Waals surface area contributed by atoms with Gasteiger partial charge in [-0.2, -0.15) is 0 Å². The first-order chi connectivity index (χ1) is 9.02. The number of carbonyl (C=O) groups is 1. The maximum atomic E-state index is 12.5. The molecule has 2 aromatic rings. The Hall–Kier alpha value is -1.13. The first kappa shape index (κ1) is 14.3. The molecule has 0 saturated heterocycles. The summed E-state index contributed by atoms with van der Waals surface area (Å²) in [7, 11) is 1.61. The van der Waals surface area contributed by atoms with Crippen molar-refractivity contribution < 1.29 is 9.53 Å². The first-order valence-electron chi connectivity index (χ1n) is 5.67. The van der Waals surface area contributed by atoms with E-state index < -0.39 is 0 Å². The van der Waals surface area contributed by atoms with Crippen molar-refractivity contribution in [2.45, 2.75) is 6.92 Å². The van der Waals surface area contributed by atoms with E-state index >= 15 is 0 Å². The van der Waals surface area contributed by atoms with Gasteiger partial charge in [0.05, 0.1) is 7.11 Å². The van der Waals surface area contributed by atoms with Crippen molar-refractivity contribution in [3.05, 3.63) is 62.0 Å². The number of ether oxygens (including phenoxy) is 1. The molecule has 0 saturated carbocycles. The van der Waals surface area contributed by atoms with E-state index in [-0.39, 0.29) is 5.78 Å². The van der Waals surface area contributed by atoms with E-state index in [1.54, 1.807) is 19.2 Å². The highest BCUT2D eigenvalue weighted by atomic mass is 79.9. The summed E-state index contributed by atoms with van der Waals surface area (Å²) in [6.45, 7) is 1.90. The lowest BCUT2D eigenvalue weighted by atomic mass is 9.99. The van der Waals surface area contributed by atoms with Crippen LogP contribution < -0.4 is 4.74 Å². The molecule has 0 bridgehead atoms. The monoisotopic (exact) mass is 382 g/mol. The summed E-state index contributed by atoms with van der Waals surface area (Å²) in [6.07, 6.45) is 0. The van der Waals surface area contributed by atoms with E-state index in [0.29, 0.717) is 11.1 Å². The number of benzene rings is 2. The zero-order valence-corrected chi connectivity index (χ0v) is 13.7. The lowest BCUT2D eigenvalue weighted by Crippen LogP contribution is -2.05. The second kappa shape index (κ2) is 5.88. The molecular formula is C15H12Br2O2. The van der Waals surface area contributed by atoms with Gasteiger partial charge < -0.3 is 4.74 Å². The molecule has 0 N–H and O–H groups in total. The molecule has 98 valence electrons. The van der Waals surface area contributed by atoms with Gasteiger partial charge in [0.1, 0.15) is 5.75 Å². The van der Waals surface area contributed by atoms with Crippen LogP contribution in [0.3, 0.4) is 0 Å². The highest BCUT2D eigenvalue weighted by Gasteiger charge is 2.15. The molecule has 0 heterocycles. The van der Waals surface area contributed by atoms with Crippen molar-refractivity contribution in [3.63, 3.8) is 0 Å². The SMILES string of the molecule is COc1ccc(C(=O)c2cc(Br)ccc2Br)c(C)c1. The van der Waals surface area contributed by atoms with Crippen LogP contribution in [-0.2, 0) is 0 Å². The summed E-state index contributed by atoms with van der Waals surface area (Å²) in [4.78, 5) is 12.5. The molecule has 0 fully saturated rings. The van der Waals surface area contributed by atoms with Crippen LogP contribution >= 0.6 is 31.9 Å². The molecule has 0 amide bonds. The molecular weight excluding hydrogens is 372 g/mol. The summed E-state index contributed by atoms with van der Waals surface area (Å²) in [5.41, 5.74) is 2.22. The molecule has 2 aromatic carbocycles. The van der Waals surface area contributed by atoms with Gasteiger partial charge in [0.25, 0.3) is 0 Å². The van der Waals surface area contributed by atoms with E-state index in [2.05, 4.69) is 31.9 Å². The van der Waals surface area contributed by atoms with Crippen LogP contribution in [0.2, 0.25) is 0 Å². The Labute approximate surface area is 129 Å². The standard InChI is InChI=1S/C15H12Br2O2/c1-9-7-11(19-2)4-5-12(9)15(18)13-8-10(16)3-6-14(13)17/h3-8H,1-2H3. The van der Waals surface area contributed by atoms with Crippen LogP contribution in [0.4, 0.5) is 0 Å². The third-order valence-corrected chi connectivity index (χ3v) is 4.04. The van der Waals surface area contributed by atoms with Gasteiger partial charge in [-0.1, -0.05) is 31.9 Å². The molecule has 0 aliphatic heterocycles. The lowest BCUT2D eigenvalue weighted by Gasteiger charge is -2.09. The van der Waals surface area contributed by atoms with Gasteiger partial charge in [-0.05, 0) is 48.9 Å². The molecule has 0 radical (unpaired) electrons. The molecule has 4 heteroatoms. The largest absolute Gasteiger partial charge is 0.497 e. The lowest BCUT2D eigenvalue weighted by molar-refractivity contribution is 0.103. The van der Waals surface area contributed by atoms with E-state index in [4.69, 9.17) is 4.74 Å². The zero-order valence-electron chi connectivity index (χ0n) is 10.5. The molecule has 0 unspecified atom stereocenters. The summed E-state index contributed by atoms with van der Waals surface area (Å²) in [5.74, 6) is 0.746. The molecule has 0 atom stereocenters. The van der Waals surface area contributed by atoms with E-state index in [1.165, 1.54) is 0 Å². The molecule has 2 rings (SSSR count). The number of methoxy groups -OCH3 is 1. The average molecular weight is 384 g/mol. The van der Waals surface area contributed by atoms with Gasteiger partial charge in [-0.3, -0.25) is 4.79 Å². The highest BCUT2D eigenvalue weighted by molar-refractivity contribution is 9.11. The topological polar surface area (TPSA) is 26.3 Å². The van der Waals surface area contributed by atoms with Gasteiger partial charge >= 0.3 is 0 Å². The average Bonchev–Trinajstić information content (AvgIpc) is 2.40. The minimum Gasteiger partial charge on any atom is -0.497 e. The maximum Gasteiger partial charge on any atom is 0.194 e. The third-order valence-electron chi connectivity index (χ3n) is 2.85. The molecule has 19 heavy (non-hydrogen) atoms. The summed E-state index contributed by atoms with van der Waals surface area (Å²) in [6, 6.07) is 11.0. The van der Waals surface area contributed by atoms with Crippen molar-refractivity contribution in [3.8, 4) is 5.75 Å². The number of aryl methyl sites for hydroxylation is 1. The van der Waals surface area contributed by atoms with E-state index in [0.717, 1.165) is 20.3 Å². The Balaban J connectivity index is 2.47. The highest BCUT2D eigenvalue weighted by Crippen LogP contribution is 2.26. The van der Waals surface area contributed by atoms with Gasteiger partial charge in [0, 0.05) is 20.1 Å². The molecule has 0 aromatic heterocycles. The Kier molecular flexibility index (Phi) is 4.42. The minimum atomic E-state index is -0.00618. The van der Waals surface area contributed by atoms with Crippen LogP contribution in [0.15, 0.2) is 45.3 Å². The van der Waals surface area contributed by atoms with Crippen molar-refractivity contribution >= 4 is 37.6 Å². The summed E-state index contributed by atoms with van der Waals surface area (Å²) >= 11 is 6.80. The Morgan fingerprint density at radius 1 is 1.05 bits per heavy atom. The normalized spacial score (nSPS) is 10.3. The van der Waals surface area contributed by atoms with Crippen molar-refractivity contribution in [2.24, 2.45) is 0 Å². The van der Waals surface area contributed by atoms with Crippen LogP contribution in [0, 0.1) is 6.92 Å². The summed E-state index contributed by atoms with van der Waals surface area (Å²) < 4.78 is 6.82. The minimum absolute atomic E-state index is 0.00618. The second-order valence-electron chi connectivity index (χ2n) is 4.13. The number of hydrogen-bond acceptors (Lipinski definition) is 2. The van der Waals surface area contributed by atoms with Crippen LogP contribution in [0.1, 0.15) is 21.5 Å². The van der Waals surface area contributed by atoms with E-state index in [1.807, 2.05) is 31.2 Å². The Morgan fingerprint density at radius 2 is 1.79 bits per heavy atom. The van der Waals surface area contributed by atoms with Crippen LogP contribution in [-0.4, -0.2) is 12.9 Å². The maximum absolute atomic E-state index is 12.5. The number of ketones is 1. The molecule has 0 aliphatic rings. The molecule has 0 spiro atoms. The quantitative estimate of drug-likeness (QED) is 0.714. The number of rotatable bonds is 3. The fourth-order valence-corrected chi connectivity index (χ4v) is 2.62. The van der Waals surface area contributed by atoms with Crippen molar-refractivity contribution in [2.75, 3.05) is 7.11 Å². The second-order valence-corrected chi connectivity index (χ2v) is 5.90. The fourth-order valence-electron chi connectivity index (χ4n) is 1.83. The summed E-state index contributed by atoms with van der Waals surface area (Å²) in [5, 5.41) is 0. The predicted molar refractivity (Wildman–Crippen MR) is 83.0 cm³/mol. The van der Waals surface area contributed by atoms with Crippen LogP contribution in [0.5, 0.6) is 5.75 Å².